The van der Waals surface area contributed by atoms with Crippen molar-refractivity contribution in [2.24, 2.45) is 0 Å². The third-order valence-corrected chi connectivity index (χ3v) is 6.14. The molecule has 0 aliphatic rings. The van der Waals surface area contributed by atoms with Crippen LogP contribution in [-0.2, 0) is 0 Å². The van der Waals surface area contributed by atoms with Crippen LogP contribution in [0, 0.1) is 0 Å². The van der Waals surface area contributed by atoms with Crippen LogP contribution in [0.5, 0.6) is 0 Å². The van der Waals surface area contributed by atoms with E-state index in [1.807, 2.05) is 60.7 Å². The van der Waals surface area contributed by atoms with Crippen LogP contribution in [0.2, 0.25) is 5.02 Å². The lowest BCUT2D eigenvalue weighted by Crippen LogP contribution is -1.96. The number of nitrogens with zero attached hydrogens (tertiary/aromatic N) is 2. The van der Waals surface area contributed by atoms with Crippen molar-refractivity contribution in [3.05, 3.63) is 119 Å². The number of benzene rings is 4. The molecule has 0 saturated carbocycles. The van der Waals surface area contributed by atoms with Gasteiger partial charge >= 0.3 is 0 Å². The molecular weight excluding hydrogens is 480 g/mol. The number of hydrogen-bond donors (Lipinski definition) is 0. The van der Waals surface area contributed by atoms with Gasteiger partial charge in [-0.25, -0.2) is 9.97 Å². The van der Waals surface area contributed by atoms with Gasteiger partial charge in [0, 0.05) is 26.2 Å². The van der Waals surface area contributed by atoms with Gasteiger partial charge in [-0.15, -0.1) is 0 Å². The first-order valence-corrected chi connectivity index (χ1v) is 11.4. The van der Waals surface area contributed by atoms with Crippen molar-refractivity contribution >= 4 is 27.5 Å². The summed E-state index contributed by atoms with van der Waals surface area (Å²) in [4.78, 5) is 9.77. The smallest absolute Gasteiger partial charge is 0.160 e. The first kappa shape index (κ1) is 20.6. The average molecular weight is 498 g/mol. The molecule has 0 aliphatic heterocycles. The van der Waals surface area contributed by atoms with Crippen LogP contribution in [0.15, 0.2) is 114 Å². The SMILES string of the molecule is Clc1ccc(-c2cc(-c3ccc(-c4ccccc4)cc3)nc(-c3ccccc3)n2)c(Br)c1. The fraction of sp³-hybridized carbons (Fsp3) is 0. The van der Waals surface area contributed by atoms with Gasteiger partial charge in [0.1, 0.15) is 0 Å². The van der Waals surface area contributed by atoms with Crippen LogP contribution in [0.25, 0.3) is 45.0 Å². The molecular formula is C28H18BrClN2. The maximum atomic E-state index is 6.16. The van der Waals surface area contributed by atoms with Crippen molar-refractivity contribution in [3.8, 4) is 45.0 Å². The number of halogens is 2. The molecule has 154 valence electrons. The minimum absolute atomic E-state index is 0.676. The molecule has 4 heteroatoms. The molecule has 0 aliphatic carbocycles. The summed E-state index contributed by atoms with van der Waals surface area (Å²) in [6.45, 7) is 0. The zero-order valence-corrected chi connectivity index (χ0v) is 19.4. The predicted molar refractivity (Wildman–Crippen MR) is 136 cm³/mol. The maximum Gasteiger partial charge on any atom is 0.160 e. The van der Waals surface area contributed by atoms with Crippen molar-refractivity contribution < 1.29 is 0 Å². The Morgan fingerprint density at radius 1 is 0.531 bits per heavy atom. The molecule has 0 amide bonds. The third kappa shape index (κ3) is 4.36. The highest BCUT2D eigenvalue weighted by Gasteiger charge is 2.13. The first-order valence-electron chi connectivity index (χ1n) is 10.2. The molecule has 0 spiro atoms. The van der Waals surface area contributed by atoms with Gasteiger partial charge in [-0.2, -0.15) is 0 Å². The van der Waals surface area contributed by atoms with E-state index >= 15 is 0 Å². The van der Waals surface area contributed by atoms with E-state index in [4.69, 9.17) is 21.6 Å². The van der Waals surface area contributed by atoms with Gasteiger partial charge in [0.2, 0.25) is 0 Å². The van der Waals surface area contributed by atoms with E-state index in [0.29, 0.717) is 10.8 Å². The fourth-order valence-electron chi connectivity index (χ4n) is 3.61. The Hall–Kier alpha value is -3.27. The Kier molecular flexibility index (Phi) is 5.85. The van der Waals surface area contributed by atoms with Gasteiger partial charge in [0.25, 0.3) is 0 Å². The quantitative estimate of drug-likeness (QED) is 0.248. The largest absolute Gasteiger partial charge is 0.228 e. The van der Waals surface area contributed by atoms with Crippen LogP contribution < -0.4 is 0 Å². The molecule has 0 radical (unpaired) electrons. The van der Waals surface area contributed by atoms with E-state index in [1.165, 1.54) is 11.1 Å². The van der Waals surface area contributed by atoms with E-state index in [0.717, 1.165) is 32.6 Å². The van der Waals surface area contributed by atoms with Gasteiger partial charge in [0.05, 0.1) is 11.4 Å². The monoisotopic (exact) mass is 496 g/mol. The van der Waals surface area contributed by atoms with Gasteiger partial charge in [-0.1, -0.05) is 119 Å². The Labute approximate surface area is 200 Å². The molecule has 0 bridgehead atoms. The summed E-state index contributed by atoms with van der Waals surface area (Å²) in [6.07, 6.45) is 0. The Bertz CT molecular complexity index is 1370. The summed E-state index contributed by atoms with van der Waals surface area (Å²) in [6, 6.07) is 36.7. The second-order valence-corrected chi connectivity index (χ2v) is 8.69. The lowest BCUT2D eigenvalue weighted by Gasteiger charge is -2.11. The second-order valence-electron chi connectivity index (χ2n) is 7.40. The minimum Gasteiger partial charge on any atom is -0.228 e. The highest BCUT2D eigenvalue weighted by molar-refractivity contribution is 9.10. The van der Waals surface area contributed by atoms with E-state index < -0.39 is 0 Å². The standard InChI is InChI=1S/C28H18BrClN2/c29-25-17-23(30)15-16-24(25)27-18-26(31-28(32-27)22-9-5-2-6-10-22)21-13-11-20(12-14-21)19-7-3-1-4-8-19/h1-18H. The summed E-state index contributed by atoms with van der Waals surface area (Å²) in [5, 5.41) is 0.676. The van der Waals surface area contributed by atoms with E-state index in [-0.39, 0.29) is 0 Å². The van der Waals surface area contributed by atoms with Crippen LogP contribution in [0.4, 0.5) is 0 Å². The van der Waals surface area contributed by atoms with Gasteiger partial charge in [-0.05, 0) is 29.3 Å². The lowest BCUT2D eigenvalue weighted by molar-refractivity contribution is 1.18. The molecule has 32 heavy (non-hydrogen) atoms. The van der Waals surface area contributed by atoms with Crippen molar-refractivity contribution in [3.63, 3.8) is 0 Å². The highest BCUT2D eigenvalue weighted by atomic mass is 79.9. The topological polar surface area (TPSA) is 25.8 Å². The second kappa shape index (κ2) is 9.07. The van der Waals surface area contributed by atoms with Crippen molar-refractivity contribution in [2.75, 3.05) is 0 Å². The molecule has 1 heterocycles. The van der Waals surface area contributed by atoms with Crippen molar-refractivity contribution in [1.29, 1.82) is 0 Å². The van der Waals surface area contributed by atoms with Crippen LogP contribution >= 0.6 is 27.5 Å². The summed E-state index contributed by atoms with van der Waals surface area (Å²) < 4.78 is 0.896. The molecule has 0 saturated heterocycles. The summed E-state index contributed by atoms with van der Waals surface area (Å²) >= 11 is 9.80. The fourth-order valence-corrected chi connectivity index (χ4v) is 4.50. The zero-order chi connectivity index (χ0) is 21.9. The van der Waals surface area contributed by atoms with Crippen LogP contribution in [0.3, 0.4) is 0 Å². The minimum atomic E-state index is 0.676. The first-order chi connectivity index (χ1) is 15.7. The van der Waals surface area contributed by atoms with Crippen LogP contribution in [0.1, 0.15) is 0 Å². The highest BCUT2D eigenvalue weighted by Crippen LogP contribution is 2.33. The molecule has 2 nitrogen and oxygen atoms in total. The maximum absolute atomic E-state index is 6.16. The number of aromatic nitrogens is 2. The molecule has 5 rings (SSSR count). The molecule has 1 aromatic heterocycles. The van der Waals surface area contributed by atoms with Gasteiger partial charge in [-0.3, -0.25) is 0 Å². The summed E-state index contributed by atoms with van der Waals surface area (Å²) in [5.74, 6) is 0.687. The molecule has 0 unspecified atom stereocenters. The molecule has 0 fully saturated rings. The molecule has 0 atom stereocenters. The normalized spacial score (nSPS) is 10.8. The van der Waals surface area contributed by atoms with Gasteiger partial charge < -0.3 is 0 Å². The number of rotatable bonds is 4. The number of hydrogen-bond acceptors (Lipinski definition) is 2. The van der Waals surface area contributed by atoms with Crippen molar-refractivity contribution in [1.82, 2.24) is 9.97 Å². The lowest BCUT2D eigenvalue weighted by atomic mass is 10.0. The van der Waals surface area contributed by atoms with Crippen LogP contribution in [-0.4, -0.2) is 9.97 Å². The Balaban J connectivity index is 1.63. The van der Waals surface area contributed by atoms with E-state index in [9.17, 15) is 0 Å². The Morgan fingerprint density at radius 2 is 1.09 bits per heavy atom. The summed E-state index contributed by atoms with van der Waals surface area (Å²) in [7, 11) is 0. The molecule has 0 N–H and O–H groups in total. The average Bonchev–Trinajstić information content (AvgIpc) is 2.85. The van der Waals surface area contributed by atoms with Crippen molar-refractivity contribution in [2.45, 2.75) is 0 Å². The van der Waals surface area contributed by atoms with Gasteiger partial charge in [0.15, 0.2) is 5.82 Å². The van der Waals surface area contributed by atoms with E-state index in [1.54, 1.807) is 0 Å². The Morgan fingerprint density at radius 3 is 1.75 bits per heavy atom. The zero-order valence-electron chi connectivity index (χ0n) is 17.0. The molecule has 5 aromatic rings. The van der Waals surface area contributed by atoms with E-state index in [2.05, 4.69) is 64.5 Å². The third-order valence-electron chi connectivity index (χ3n) is 5.25. The predicted octanol–water partition coefficient (Wildman–Crippen LogP) is 8.56. The molecule has 4 aromatic carbocycles. The summed E-state index contributed by atoms with van der Waals surface area (Å²) in [5.41, 5.74) is 7.05.